The molecule has 1 aliphatic heterocycles. The number of nitrogen functional groups attached to an aromatic ring is 1. The highest BCUT2D eigenvalue weighted by Crippen LogP contribution is 2.24. The summed E-state index contributed by atoms with van der Waals surface area (Å²) in [6, 6.07) is 8.03. The van der Waals surface area contributed by atoms with E-state index in [9.17, 15) is 4.79 Å². The van der Waals surface area contributed by atoms with Crippen LogP contribution in [0.5, 0.6) is 5.75 Å². The molecule has 0 saturated carbocycles. The lowest BCUT2D eigenvalue weighted by molar-refractivity contribution is 0.321. The predicted octanol–water partition coefficient (Wildman–Crippen LogP) is 3.24. The van der Waals surface area contributed by atoms with Crippen molar-refractivity contribution >= 4 is 22.7 Å². The summed E-state index contributed by atoms with van der Waals surface area (Å²) in [5, 5.41) is 3.72. The van der Waals surface area contributed by atoms with E-state index in [2.05, 4.69) is 39.2 Å². The molecular weight excluding hydrogens is 404 g/mol. The van der Waals surface area contributed by atoms with Crippen molar-refractivity contribution in [3.05, 3.63) is 51.9 Å². The fourth-order valence-corrected chi connectivity index (χ4v) is 4.23. The second kappa shape index (κ2) is 9.99. The van der Waals surface area contributed by atoms with Crippen molar-refractivity contribution < 1.29 is 4.74 Å². The summed E-state index contributed by atoms with van der Waals surface area (Å²) in [5.41, 5.74) is 8.45. The molecule has 8 nitrogen and oxygen atoms in total. The Morgan fingerprint density at radius 1 is 1.16 bits per heavy atom. The highest BCUT2D eigenvalue weighted by Gasteiger charge is 2.16. The third-order valence-corrected chi connectivity index (χ3v) is 5.96. The van der Waals surface area contributed by atoms with Crippen molar-refractivity contribution in [3.8, 4) is 5.75 Å². The molecule has 1 saturated heterocycles. The molecule has 0 bridgehead atoms. The van der Waals surface area contributed by atoms with Crippen LogP contribution in [-0.2, 0) is 13.1 Å². The highest BCUT2D eigenvalue weighted by atomic mass is 16.5. The van der Waals surface area contributed by atoms with E-state index < -0.39 is 0 Å². The maximum atomic E-state index is 13.3. The first-order valence-electron chi connectivity index (χ1n) is 11.4. The molecule has 1 aromatic carbocycles. The third-order valence-electron chi connectivity index (χ3n) is 5.96. The zero-order chi connectivity index (χ0) is 22.5. The number of aromatic nitrogens is 3. The van der Waals surface area contributed by atoms with E-state index >= 15 is 0 Å². The average molecular weight is 437 g/mol. The number of unbranched alkanes of at least 4 members (excludes halogenated alkanes) is 1. The van der Waals surface area contributed by atoms with Crippen LogP contribution in [0.15, 0.2) is 35.3 Å². The van der Waals surface area contributed by atoms with Gasteiger partial charge in [0.05, 0.1) is 19.2 Å². The zero-order valence-corrected chi connectivity index (χ0v) is 18.9. The molecule has 0 unspecified atom stereocenters. The van der Waals surface area contributed by atoms with Crippen molar-refractivity contribution in [2.24, 2.45) is 0 Å². The maximum absolute atomic E-state index is 13.3. The summed E-state index contributed by atoms with van der Waals surface area (Å²) >= 11 is 0. The van der Waals surface area contributed by atoms with E-state index in [4.69, 9.17) is 10.5 Å². The molecule has 3 aromatic rings. The number of ether oxygens (including phenoxy) is 1. The zero-order valence-electron chi connectivity index (χ0n) is 18.9. The van der Waals surface area contributed by atoms with Crippen LogP contribution in [0.25, 0.3) is 10.9 Å². The van der Waals surface area contributed by atoms with E-state index in [-0.39, 0.29) is 11.5 Å². The fraction of sp³-hybridized carbons (Fsp3) is 0.458. The number of hydrogen-bond acceptors (Lipinski definition) is 7. The second-order valence-corrected chi connectivity index (χ2v) is 8.35. The van der Waals surface area contributed by atoms with E-state index in [1.807, 2.05) is 12.1 Å². The van der Waals surface area contributed by atoms with Crippen LogP contribution in [0.2, 0.25) is 0 Å². The van der Waals surface area contributed by atoms with E-state index in [1.165, 1.54) is 18.4 Å². The van der Waals surface area contributed by atoms with Gasteiger partial charge in [-0.1, -0.05) is 25.5 Å². The first kappa shape index (κ1) is 22.1. The minimum atomic E-state index is -0.137. The Kier molecular flexibility index (Phi) is 6.90. The molecule has 2 aromatic heterocycles. The molecule has 1 fully saturated rings. The van der Waals surface area contributed by atoms with Crippen molar-refractivity contribution in [3.63, 3.8) is 0 Å². The van der Waals surface area contributed by atoms with Gasteiger partial charge in [-0.25, -0.2) is 4.98 Å². The SMILES string of the molecule is CCCCNc1nc(N)nc2ccn(Cc3ccc(CN4CCCC4)c(OC)c3)c(=O)c12. The number of hydrogen-bond donors (Lipinski definition) is 2. The summed E-state index contributed by atoms with van der Waals surface area (Å²) in [6.07, 6.45) is 6.31. The van der Waals surface area contributed by atoms with Gasteiger partial charge < -0.3 is 20.4 Å². The Balaban J connectivity index is 1.62. The molecule has 0 aliphatic carbocycles. The van der Waals surface area contributed by atoms with Gasteiger partial charge in [0.15, 0.2) is 0 Å². The molecule has 3 N–H and O–H groups in total. The van der Waals surface area contributed by atoms with Gasteiger partial charge in [0.1, 0.15) is 17.0 Å². The summed E-state index contributed by atoms with van der Waals surface area (Å²) in [7, 11) is 1.70. The van der Waals surface area contributed by atoms with Crippen LogP contribution in [0.4, 0.5) is 11.8 Å². The minimum Gasteiger partial charge on any atom is -0.496 e. The van der Waals surface area contributed by atoms with Crippen LogP contribution in [0, 0.1) is 0 Å². The smallest absolute Gasteiger partial charge is 0.264 e. The molecule has 4 rings (SSSR count). The van der Waals surface area contributed by atoms with Crippen molar-refractivity contribution in [2.75, 3.05) is 37.8 Å². The topological polar surface area (TPSA) is 98.3 Å². The number of nitrogens with two attached hydrogens (primary N) is 1. The third kappa shape index (κ3) is 4.85. The van der Waals surface area contributed by atoms with Gasteiger partial charge in [0, 0.05) is 24.8 Å². The summed E-state index contributed by atoms with van der Waals surface area (Å²) < 4.78 is 7.35. The molecule has 1 aliphatic rings. The van der Waals surface area contributed by atoms with Crippen LogP contribution in [-0.4, -0.2) is 46.2 Å². The monoisotopic (exact) mass is 436 g/mol. The average Bonchev–Trinajstić information content (AvgIpc) is 3.29. The Bertz CT molecular complexity index is 1140. The van der Waals surface area contributed by atoms with Crippen LogP contribution in [0.3, 0.4) is 0 Å². The first-order valence-corrected chi connectivity index (χ1v) is 11.4. The van der Waals surface area contributed by atoms with Crippen molar-refractivity contribution in [1.82, 2.24) is 19.4 Å². The quantitative estimate of drug-likeness (QED) is 0.497. The van der Waals surface area contributed by atoms with Crippen LogP contribution >= 0.6 is 0 Å². The molecule has 32 heavy (non-hydrogen) atoms. The summed E-state index contributed by atoms with van der Waals surface area (Å²) in [6.45, 7) is 6.45. The molecule has 0 spiro atoms. The molecule has 0 radical (unpaired) electrons. The molecule has 0 amide bonds. The molecule has 170 valence electrons. The van der Waals surface area contributed by atoms with Gasteiger partial charge in [0.2, 0.25) is 5.95 Å². The summed E-state index contributed by atoms with van der Waals surface area (Å²) in [4.78, 5) is 24.3. The number of nitrogens with zero attached hydrogens (tertiary/aromatic N) is 4. The second-order valence-electron chi connectivity index (χ2n) is 8.35. The van der Waals surface area contributed by atoms with Gasteiger partial charge in [-0.2, -0.15) is 4.98 Å². The molecule has 3 heterocycles. The fourth-order valence-electron chi connectivity index (χ4n) is 4.23. The molecule has 0 atom stereocenters. The number of anilines is 2. The number of nitrogens with one attached hydrogen (secondary N) is 1. The lowest BCUT2D eigenvalue weighted by Gasteiger charge is -2.18. The van der Waals surface area contributed by atoms with Gasteiger partial charge >= 0.3 is 0 Å². The Labute approximate surface area is 188 Å². The van der Waals surface area contributed by atoms with Crippen LogP contribution < -0.4 is 21.3 Å². The maximum Gasteiger partial charge on any atom is 0.264 e. The number of pyridine rings is 1. The Morgan fingerprint density at radius 3 is 2.72 bits per heavy atom. The number of rotatable bonds is 9. The largest absolute Gasteiger partial charge is 0.496 e. The van der Waals surface area contributed by atoms with Gasteiger partial charge in [-0.3, -0.25) is 9.69 Å². The van der Waals surface area contributed by atoms with Gasteiger partial charge in [-0.15, -0.1) is 0 Å². The highest BCUT2D eigenvalue weighted by molar-refractivity contribution is 5.89. The molecular formula is C24H32N6O2. The lowest BCUT2D eigenvalue weighted by Crippen LogP contribution is -2.23. The summed E-state index contributed by atoms with van der Waals surface area (Å²) in [5.74, 6) is 1.52. The molecule has 8 heteroatoms. The van der Waals surface area contributed by atoms with Crippen molar-refractivity contribution in [1.29, 1.82) is 0 Å². The normalized spacial score (nSPS) is 14.2. The Morgan fingerprint density at radius 2 is 1.97 bits per heavy atom. The minimum absolute atomic E-state index is 0.137. The van der Waals surface area contributed by atoms with E-state index in [0.717, 1.165) is 50.3 Å². The first-order chi connectivity index (χ1) is 15.6. The number of benzene rings is 1. The predicted molar refractivity (Wildman–Crippen MR) is 128 cm³/mol. The Hall–Kier alpha value is -3.13. The van der Waals surface area contributed by atoms with Crippen LogP contribution in [0.1, 0.15) is 43.7 Å². The lowest BCUT2D eigenvalue weighted by atomic mass is 10.1. The van der Waals surface area contributed by atoms with E-state index in [1.54, 1.807) is 17.9 Å². The number of likely N-dealkylation sites (tertiary alicyclic amines) is 1. The standard InChI is InChI=1S/C24H32N6O2/c1-3-4-10-26-22-21-19(27-24(25)28-22)9-13-30(23(21)31)15-17-7-8-18(20(14-17)32-2)16-29-11-5-6-12-29/h7-9,13-14H,3-6,10-12,15-16H2,1-2H3,(H3,25,26,27,28). The van der Waals surface area contributed by atoms with E-state index in [0.29, 0.717) is 23.3 Å². The van der Waals surface area contributed by atoms with Gasteiger partial charge in [0.25, 0.3) is 5.56 Å². The van der Waals surface area contributed by atoms with Gasteiger partial charge in [-0.05, 0) is 50.0 Å². The number of fused-ring (bicyclic) bond motifs is 1. The van der Waals surface area contributed by atoms with Crippen molar-refractivity contribution in [2.45, 2.75) is 45.7 Å². The number of methoxy groups -OCH3 is 1.